The number of aromatic nitrogens is 1. The van der Waals surface area contributed by atoms with Crippen LogP contribution in [0.4, 0.5) is 0 Å². The van der Waals surface area contributed by atoms with Crippen molar-refractivity contribution in [1.82, 2.24) is 14.6 Å². The maximum atomic E-state index is 12.4. The molecule has 0 saturated heterocycles. The second-order valence-electron chi connectivity index (χ2n) is 6.43. The molecule has 0 bridgehead atoms. The summed E-state index contributed by atoms with van der Waals surface area (Å²) >= 11 is 0. The Kier molecular flexibility index (Phi) is 4.12. The van der Waals surface area contributed by atoms with Gasteiger partial charge in [0.05, 0.1) is 4.90 Å². The van der Waals surface area contributed by atoms with E-state index in [1.165, 1.54) is 12.8 Å². The van der Waals surface area contributed by atoms with E-state index in [0.717, 1.165) is 25.2 Å². The maximum absolute atomic E-state index is 12.4. The van der Waals surface area contributed by atoms with Crippen molar-refractivity contribution in [3.05, 3.63) is 18.0 Å². The van der Waals surface area contributed by atoms with Crippen molar-refractivity contribution in [2.75, 3.05) is 6.54 Å². The molecule has 2 fully saturated rings. The number of nitrogens with one attached hydrogen (secondary N) is 2. The minimum absolute atomic E-state index is 0.394. The minimum Gasteiger partial charge on any atom is -0.349 e. The molecule has 1 heterocycles. The van der Waals surface area contributed by atoms with Crippen LogP contribution in [-0.4, -0.2) is 25.6 Å². The zero-order valence-corrected chi connectivity index (χ0v) is 13.6. The van der Waals surface area contributed by atoms with Crippen LogP contribution < -0.4 is 10.0 Å². The molecule has 21 heavy (non-hydrogen) atoms. The molecule has 2 saturated carbocycles. The van der Waals surface area contributed by atoms with Crippen LogP contribution in [0.2, 0.25) is 0 Å². The summed E-state index contributed by atoms with van der Waals surface area (Å²) in [5.41, 5.74) is 1.05. The fourth-order valence-electron chi connectivity index (χ4n) is 2.63. The van der Waals surface area contributed by atoms with Crippen molar-refractivity contribution in [2.45, 2.75) is 57.1 Å². The van der Waals surface area contributed by atoms with E-state index in [2.05, 4.69) is 17.0 Å². The van der Waals surface area contributed by atoms with Gasteiger partial charge >= 0.3 is 0 Å². The van der Waals surface area contributed by atoms with E-state index in [9.17, 15) is 8.42 Å². The maximum Gasteiger partial charge on any atom is 0.242 e. The van der Waals surface area contributed by atoms with Crippen LogP contribution in [0.5, 0.6) is 0 Å². The van der Waals surface area contributed by atoms with Gasteiger partial charge in [0.2, 0.25) is 10.0 Å². The Morgan fingerprint density at radius 3 is 2.67 bits per heavy atom. The van der Waals surface area contributed by atoms with Gasteiger partial charge in [-0.05, 0) is 44.1 Å². The van der Waals surface area contributed by atoms with E-state index in [1.54, 1.807) is 12.3 Å². The number of nitrogens with zero attached hydrogens (tertiary/aromatic N) is 1. The molecule has 0 spiro atoms. The van der Waals surface area contributed by atoms with Gasteiger partial charge in [0, 0.05) is 37.6 Å². The summed E-state index contributed by atoms with van der Waals surface area (Å²) in [6.07, 6.45) is 5.36. The standard InChI is InChI=1S/C15H25N3O2S/c1-3-18-10-15(7-14(18)9-16-13-4-5-13)21(19,20)17-8-12-6-11(12)2/h7,10-13,16-17H,3-6,8-9H2,1-2H3. The molecule has 0 radical (unpaired) electrons. The second-order valence-corrected chi connectivity index (χ2v) is 8.20. The summed E-state index contributed by atoms with van der Waals surface area (Å²) in [6.45, 7) is 6.30. The Hall–Kier alpha value is -0.850. The molecule has 1 aromatic rings. The van der Waals surface area contributed by atoms with Crippen molar-refractivity contribution in [1.29, 1.82) is 0 Å². The third kappa shape index (κ3) is 3.67. The van der Waals surface area contributed by atoms with Crippen LogP contribution in [0.3, 0.4) is 0 Å². The summed E-state index contributed by atoms with van der Waals surface area (Å²) in [5.74, 6) is 1.18. The fraction of sp³-hybridized carbons (Fsp3) is 0.733. The van der Waals surface area contributed by atoms with E-state index in [4.69, 9.17) is 0 Å². The lowest BCUT2D eigenvalue weighted by molar-refractivity contribution is 0.574. The molecule has 2 atom stereocenters. The van der Waals surface area contributed by atoms with Gasteiger partial charge in [-0.3, -0.25) is 0 Å². The Balaban J connectivity index is 1.67. The summed E-state index contributed by atoms with van der Waals surface area (Å²) in [6, 6.07) is 2.43. The van der Waals surface area contributed by atoms with Crippen molar-refractivity contribution < 1.29 is 8.42 Å². The van der Waals surface area contributed by atoms with Crippen LogP contribution in [0.25, 0.3) is 0 Å². The van der Waals surface area contributed by atoms with E-state index in [1.807, 2.05) is 11.5 Å². The number of aryl methyl sites for hydroxylation is 1. The van der Waals surface area contributed by atoms with Crippen LogP contribution >= 0.6 is 0 Å². The highest BCUT2D eigenvalue weighted by atomic mass is 32.2. The van der Waals surface area contributed by atoms with Gasteiger partial charge in [-0.1, -0.05) is 6.92 Å². The van der Waals surface area contributed by atoms with Crippen molar-refractivity contribution in [3.63, 3.8) is 0 Å². The zero-order valence-electron chi connectivity index (χ0n) is 12.8. The predicted molar refractivity (Wildman–Crippen MR) is 82.4 cm³/mol. The summed E-state index contributed by atoms with van der Waals surface area (Å²) < 4.78 is 29.5. The normalized spacial score (nSPS) is 25.2. The molecular formula is C15H25N3O2S. The van der Waals surface area contributed by atoms with Gasteiger partial charge in [-0.25, -0.2) is 13.1 Å². The van der Waals surface area contributed by atoms with Gasteiger partial charge < -0.3 is 9.88 Å². The fourth-order valence-corrected chi connectivity index (χ4v) is 3.79. The number of hydrogen-bond donors (Lipinski definition) is 2. The van der Waals surface area contributed by atoms with Crippen LogP contribution in [-0.2, 0) is 23.1 Å². The largest absolute Gasteiger partial charge is 0.349 e. The average molecular weight is 311 g/mol. The molecule has 1 aromatic heterocycles. The molecule has 6 heteroatoms. The molecule has 2 aliphatic carbocycles. The first-order valence-electron chi connectivity index (χ1n) is 7.91. The number of sulfonamides is 1. The van der Waals surface area contributed by atoms with Gasteiger partial charge in [0.1, 0.15) is 0 Å². The van der Waals surface area contributed by atoms with E-state index in [0.29, 0.717) is 29.3 Å². The predicted octanol–water partition coefficient (Wildman–Crippen LogP) is 1.69. The highest BCUT2D eigenvalue weighted by molar-refractivity contribution is 7.89. The Morgan fingerprint density at radius 2 is 2.10 bits per heavy atom. The smallest absolute Gasteiger partial charge is 0.242 e. The Bertz CT molecular complexity index is 604. The first-order chi connectivity index (χ1) is 9.99. The summed E-state index contributed by atoms with van der Waals surface area (Å²) in [4.78, 5) is 0.394. The summed E-state index contributed by atoms with van der Waals surface area (Å²) in [5, 5.41) is 3.44. The van der Waals surface area contributed by atoms with E-state index < -0.39 is 10.0 Å². The highest BCUT2D eigenvalue weighted by Gasteiger charge is 2.33. The molecule has 0 amide bonds. The molecule has 0 aliphatic heterocycles. The van der Waals surface area contributed by atoms with Crippen LogP contribution in [0.15, 0.2) is 17.2 Å². The monoisotopic (exact) mass is 311 g/mol. The van der Waals surface area contributed by atoms with Gasteiger partial charge in [-0.2, -0.15) is 0 Å². The molecule has 2 unspecified atom stereocenters. The van der Waals surface area contributed by atoms with Crippen molar-refractivity contribution in [2.24, 2.45) is 11.8 Å². The molecular weight excluding hydrogens is 286 g/mol. The van der Waals surface area contributed by atoms with Crippen LogP contribution in [0, 0.1) is 11.8 Å². The Labute approximate surface area is 127 Å². The molecule has 2 N–H and O–H groups in total. The van der Waals surface area contributed by atoms with Crippen LogP contribution in [0.1, 0.15) is 38.8 Å². The van der Waals surface area contributed by atoms with Crippen molar-refractivity contribution in [3.8, 4) is 0 Å². The van der Waals surface area contributed by atoms with Gasteiger partial charge in [0.25, 0.3) is 0 Å². The molecule has 2 aliphatic rings. The van der Waals surface area contributed by atoms with Gasteiger partial charge in [0.15, 0.2) is 0 Å². The summed E-state index contributed by atoms with van der Waals surface area (Å²) in [7, 11) is -3.37. The zero-order chi connectivity index (χ0) is 15.0. The SMILES string of the molecule is CCn1cc(S(=O)(=O)NCC2CC2C)cc1CNC1CC1. The molecule has 0 aromatic carbocycles. The quantitative estimate of drug-likeness (QED) is 0.768. The minimum atomic E-state index is -3.37. The first kappa shape index (κ1) is 15.1. The molecule has 3 rings (SSSR count). The van der Waals surface area contributed by atoms with Crippen molar-refractivity contribution >= 4 is 10.0 Å². The molecule has 5 nitrogen and oxygen atoms in total. The number of hydrogen-bond acceptors (Lipinski definition) is 3. The highest BCUT2D eigenvalue weighted by Crippen LogP contribution is 2.37. The van der Waals surface area contributed by atoms with E-state index in [-0.39, 0.29) is 0 Å². The number of rotatable bonds is 8. The Morgan fingerprint density at radius 1 is 1.38 bits per heavy atom. The second kappa shape index (κ2) is 5.74. The topological polar surface area (TPSA) is 63.1 Å². The third-order valence-corrected chi connectivity index (χ3v) is 5.96. The van der Waals surface area contributed by atoms with E-state index >= 15 is 0 Å². The third-order valence-electron chi connectivity index (χ3n) is 4.57. The lowest BCUT2D eigenvalue weighted by Gasteiger charge is -2.06. The lowest BCUT2D eigenvalue weighted by atomic mass is 10.3. The molecule has 118 valence electrons. The first-order valence-corrected chi connectivity index (χ1v) is 9.40. The lowest BCUT2D eigenvalue weighted by Crippen LogP contribution is -2.25. The van der Waals surface area contributed by atoms with Gasteiger partial charge in [-0.15, -0.1) is 0 Å². The average Bonchev–Trinajstić information content (AvgIpc) is 3.35.